The fraction of sp³-hybridized carbons (Fsp3) is 0.0714. The van der Waals surface area contributed by atoms with Gasteiger partial charge < -0.3 is 10.8 Å². The quantitative estimate of drug-likeness (QED) is 0.707. The minimum absolute atomic E-state index is 0.565. The van der Waals surface area contributed by atoms with Crippen molar-refractivity contribution in [1.29, 1.82) is 0 Å². The molecule has 0 radical (unpaired) electrons. The Morgan fingerprint density at radius 2 is 2.05 bits per heavy atom. The largest absolute Gasteiger partial charge is 0.463 e. The molecule has 0 aliphatic heterocycles. The molecule has 2 heterocycles. The first-order valence-corrected chi connectivity index (χ1v) is 6.00. The molecule has 0 saturated heterocycles. The second kappa shape index (κ2) is 4.34. The fourth-order valence-corrected chi connectivity index (χ4v) is 2.21. The summed E-state index contributed by atoms with van der Waals surface area (Å²) in [7, 11) is 0. The topological polar surface area (TPSA) is 94.0 Å². The summed E-state index contributed by atoms with van der Waals surface area (Å²) in [6.45, 7) is 1.78. The minimum atomic E-state index is -1.10. The number of nitrogen functional groups attached to an aromatic ring is 1. The van der Waals surface area contributed by atoms with E-state index in [2.05, 4.69) is 10.1 Å². The van der Waals surface area contributed by atoms with Crippen LogP contribution in [0.1, 0.15) is 5.69 Å². The summed E-state index contributed by atoms with van der Waals surface area (Å²) in [6, 6.07) is 7.29. The summed E-state index contributed by atoms with van der Waals surface area (Å²) in [5, 5.41) is 13.9. The molecule has 2 aromatic heterocycles. The summed E-state index contributed by atoms with van der Waals surface area (Å²) in [4.78, 5) is 15.2. The van der Waals surface area contributed by atoms with Gasteiger partial charge in [0, 0.05) is 23.3 Å². The van der Waals surface area contributed by atoms with Crippen LogP contribution in [0.3, 0.4) is 0 Å². The second-order valence-electron chi connectivity index (χ2n) is 4.52. The van der Waals surface area contributed by atoms with Crippen molar-refractivity contribution in [2.24, 2.45) is 0 Å². The summed E-state index contributed by atoms with van der Waals surface area (Å²) in [5.74, 6) is 0. The van der Waals surface area contributed by atoms with Crippen LogP contribution in [0, 0.1) is 6.92 Å². The first-order valence-electron chi connectivity index (χ1n) is 6.00. The molecule has 20 heavy (non-hydrogen) atoms. The van der Waals surface area contributed by atoms with Gasteiger partial charge in [-0.15, -0.1) is 0 Å². The summed E-state index contributed by atoms with van der Waals surface area (Å²) >= 11 is 0. The van der Waals surface area contributed by atoms with E-state index >= 15 is 0 Å². The first kappa shape index (κ1) is 12.2. The molecule has 0 aliphatic carbocycles. The highest BCUT2D eigenvalue weighted by molar-refractivity contribution is 5.92. The molecular weight excluding hydrogens is 256 g/mol. The van der Waals surface area contributed by atoms with Crippen molar-refractivity contribution >= 4 is 22.7 Å². The number of aryl methyl sites for hydroxylation is 1. The number of fused-ring (bicyclic) bond motifs is 1. The van der Waals surface area contributed by atoms with E-state index in [0.29, 0.717) is 16.9 Å². The third-order valence-corrected chi connectivity index (χ3v) is 3.14. The number of nitrogens with zero attached hydrogens (tertiary/aromatic N) is 3. The lowest BCUT2D eigenvalue weighted by Gasteiger charge is -2.03. The van der Waals surface area contributed by atoms with Crippen LogP contribution < -0.4 is 5.73 Å². The zero-order chi connectivity index (χ0) is 14.3. The second-order valence-corrected chi connectivity index (χ2v) is 4.52. The number of aromatic nitrogens is 3. The predicted molar refractivity (Wildman–Crippen MR) is 75.5 cm³/mol. The van der Waals surface area contributed by atoms with Crippen LogP contribution in [0.15, 0.2) is 36.7 Å². The molecule has 6 nitrogen and oxygen atoms in total. The van der Waals surface area contributed by atoms with Crippen molar-refractivity contribution in [3.8, 4) is 11.1 Å². The van der Waals surface area contributed by atoms with E-state index in [9.17, 15) is 4.79 Å². The molecule has 0 fully saturated rings. The molecule has 3 rings (SSSR count). The van der Waals surface area contributed by atoms with Gasteiger partial charge in [-0.25, -0.2) is 4.79 Å². The van der Waals surface area contributed by atoms with Gasteiger partial charge in [-0.2, -0.15) is 9.78 Å². The standard InChI is InChI=1S/C14H12N4O2/c1-8-12-5-9(10-4-11(15)7-16-6-10)2-3-13(12)18(17-8)14(19)20/h2-7H,15H2,1H3,(H,19,20). The molecule has 0 atom stereocenters. The number of pyridine rings is 1. The van der Waals surface area contributed by atoms with Crippen LogP contribution in [0.25, 0.3) is 22.0 Å². The van der Waals surface area contributed by atoms with Gasteiger partial charge in [0.1, 0.15) is 0 Å². The molecule has 100 valence electrons. The maximum Gasteiger partial charge on any atom is 0.432 e. The van der Waals surface area contributed by atoms with Gasteiger partial charge in [-0.05, 0) is 30.7 Å². The van der Waals surface area contributed by atoms with Crippen molar-refractivity contribution in [1.82, 2.24) is 14.8 Å². The lowest BCUT2D eigenvalue weighted by atomic mass is 10.0. The maximum atomic E-state index is 11.1. The number of nitrogens with two attached hydrogens (primary N) is 1. The monoisotopic (exact) mass is 268 g/mol. The number of rotatable bonds is 1. The molecule has 6 heteroatoms. The zero-order valence-electron chi connectivity index (χ0n) is 10.7. The molecule has 0 bridgehead atoms. The van der Waals surface area contributed by atoms with Gasteiger partial charge >= 0.3 is 6.09 Å². The van der Waals surface area contributed by atoms with E-state index in [4.69, 9.17) is 10.8 Å². The van der Waals surface area contributed by atoms with Crippen molar-refractivity contribution in [2.75, 3.05) is 5.73 Å². The number of carboxylic acid groups (broad SMARTS) is 1. The van der Waals surface area contributed by atoms with E-state index in [1.54, 1.807) is 25.4 Å². The Balaban J connectivity index is 2.21. The normalized spacial score (nSPS) is 10.8. The number of carbonyl (C=O) groups is 1. The van der Waals surface area contributed by atoms with E-state index in [-0.39, 0.29) is 0 Å². The van der Waals surface area contributed by atoms with Gasteiger partial charge in [-0.3, -0.25) is 4.98 Å². The number of hydrogen-bond acceptors (Lipinski definition) is 4. The lowest BCUT2D eigenvalue weighted by Crippen LogP contribution is -2.09. The van der Waals surface area contributed by atoms with Gasteiger partial charge in [0.05, 0.1) is 16.9 Å². The van der Waals surface area contributed by atoms with Gasteiger partial charge in [0.15, 0.2) is 0 Å². The third kappa shape index (κ3) is 1.87. The van der Waals surface area contributed by atoms with Crippen LogP contribution >= 0.6 is 0 Å². The summed E-state index contributed by atoms with van der Waals surface area (Å²) in [5.41, 5.74) is 9.35. The highest BCUT2D eigenvalue weighted by Gasteiger charge is 2.13. The Morgan fingerprint density at radius 1 is 1.25 bits per heavy atom. The smallest absolute Gasteiger partial charge is 0.432 e. The van der Waals surface area contributed by atoms with Gasteiger partial charge in [0.25, 0.3) is 0 Å². The zero-order valence-corrected chi connectivity index (χ0v) is 10.7. The summed E-state index contributed by atoms with van der Waals surface area (Å²) in [6.07, 6.45) is 2.20. The third-order valence-electron chi connectivity index (χ3n) is 3.14. The van der Waals surface area contributed by atoms with Crippen molar-refractivity contribution < 1.29 is 9.90 Å². The average Bonchev–Trinajstić information content (AvgIpc) is 2.76. The van der Waals surface area contributed by atoms with Crippen molar-refractivity contribution in [2.45, 2.75) is 6.92 Å². The Bertz CT molecular complexity index is 823. The van der Waals surface area contributed by atoms with Gasteiger partial charge in [-0.1, -0.05) is 6.07 Å². The molecule has 0 aliphatic rings. The van der Waals surface area contributed by atoms with Crippen molar-refractivity contribution in [3.63, 3.8) is 0 Å². The van der Waals surface area contributed by atoms with Crippen LogP contribution in [-0.2, 0) is 0 Å². The molecule has 0 unspecified atom stereocenters. The molecule has 0 amide bonds. The predicted octanol–water partition coefficient (Wildman–Crippen LogP) is 2.52. The molecule has 1 aromatic carbocycles. The minimum Gasteiger partial charge on any atom is -0.463 e. The van der Waals surface area contributed by atoms with Crippen LogP contribution in [0.2, 0.25) is 0 Å². The number of benzene rings is 1. The van der Waals surface area contributed by atoms with Crippen molar-refractivity contribution in [3.05, 3.63) is 42.4 Å². The van der Waals surface area contributed by atoms with Crippen LogP contribution in [0.5, 0.6) is 0 Å². The molecule has 3 aromatic rings. The molecular formula is C14H12N4O2. The molecule has 0 spiro atoms. The SMILES string of the molecule is Cc1nn(C(=O)O)c2ccc(-c3cncc(N)c3)cc12. The summed E-state index contributed by atoms with van der Waals surface area (Å²) < 4.78 is 0.978. The van der Waals surface area contributed by atoms with Crippen LogP contribution in [0.4, 0.5) is 10.5 Å². The number of anilines is 1. The Labute approximate surface area is 114 Å². The fourth-order valence-electron chi connectivity index (χ4n) is 2.21. The van der Waals surface area contributed by atoms with E-state index < -0.39 is 6.09 Å². The number of hydrogen-bond donors (Lipinski definition) is 2. The first-order chi connectivity index (χ1) is 9.56. The highest BCUT2D eigenvalue weighted by atomic mass is 16.4. The molecule has 0 saturated carbocycles. The van der Waals surface area contributed by atoms with Crippen LogP contribution in [-0.4, -0.2) is 26.0 Å². The van der Waals surface area contributed by atoms with E-state index in [1.807, 2.05) is 18.2 Å². The Kier molecular flexibility index (Phi) is 2.64. The van der Waals surface area contributed by atoms with E-state index in [1.165, 1.54) is 0 Å². The average molecular weight is 268 g/mol. The molecule has 3 N–H and O–H groups in total. The Hall–Kier alpha value is -2.89. The lowest BCUT2D eigenvalue weighted by molar-refractivity contribution is 0.194. The highest BCUT2D eigenvalue weighted by Crippen LogP contribution is 2.26. The van der Waals surface area contributed by atoms with Gasteiger partial charge in [0.2, 0.25) is 0 Å². The van der Waals surface area contributed by atoms with E-state index in [0.717, 1.165) is 21.2 Å². The maximum absolute atomic E-state index is 11.1. The Morgan fingerprint density at radius 3 is 2.75 bits per heavy atom.